The smallest absolute Gasteiger partial charge is 0.0283 e. The molecule has 0 aliphatic rings. The first-order chi connectivity index (χ1) is 3.72. The van der Waals surface area contributed by atoms with Gasteiger partial charge in [0.25, 0.3) is 0 Å². The van der Waals surface area contributed by atoms with Crippen molar-refractivity contribution in [2.45, 2.75) is 33.6 Å². The van der Waals surface area contributed by atoms with Crippen molar-refractivity contribution in [2.75, 3.05) is 0 Å². The van der Waals surface area contributed by atoms with E-state index >= 15 is 0 Å². The number of hydrogen-bond acceptors (Lipinski definition) is 0. The zero-order valence-corrected chi connectivity index (χ0v) is 6.12. The highest BCUT2D eigenvalue weighted by atomic mass is 14.0. The molecule has 0 aromatic rings. The normalized spacial score (nSPS) is 9.00. The highest BCUT2D eigenvalue weighted by Crippen LogP contribution is 2.09. The first kappa shape index (κ1) is 7.74. The molecular formula is C8H15. The van der Waals surface area contributed by atoms with E-state index in [4.69, 9.17) is 0 Å². The Morgan fingerprint density at radius 3 is 1.62 bits per heavy atom. The summed E-state index contributed by atoms with van der Waals surface area (Å²) in [7, 11) is 0. The standard InChI is InChI=1S/C8H15/c1-5-8(6-2)7(3)4/h3,5-6H2,1-2,4H3. The summed E-state index contributed by atoms with van der Waals surface area (Å²) in [4.78, 5) is 0. The lowest BCUT2D eigenvalue weighted by Gasteiger charge is -2.00. The van der Waals surface area contributed by atoms with Gasteiger partial charge >= 0.3 is 0 Å². The molecule has 0 aliphatic carbocycles. The Hall–Kier alpha value is -0.260. The molecule has 0 amide bonds. The molecular weight excluding hydrogens is 96.1 g/mol. The number of allylic oxidation sites excluding steroid dienone is 2. The number of hydrogen-bond donors (Lipinski definition) is 0. The van der Waals surface area contributed by atoms with Gasteiger partial charge in [-0.15, -0.1) is 0 Å². The van der Waals surface area contributed by atoms with E-state index in [1.54, 1.807) is 0 Å². The van der Waals surface area contributed by atoms with E-state index in [0.717, 1.165) is 12.8 Å². The van der Waals surface area contributed by atoms with Crippen molar-refractivity contribution in [2.24, 2.45) is 0 Å². The summed E-state index contributed by atoms with van der Waals surface area (Å²) in [6.45, 7) is 10.3. The number of rotatable bonds is 2. The van der Waals surface area contributed by atoms with Gasteiger partial charge in [-0.1, -0.05) is 25.0 Å². The molecule has 0 unspecified atom stereocenters. The molecule has 0 bridgehead atoms. The van der Waals surface area contributed by atoms with Crippen LogP contribution in [0.5, 0.6) is 0 Å². The maximum atomic E-state index is 3.86. The van der Waals surface area contributed by atoms with Crippen LogP contribution in [-0.4, -0.2) is 0 Å². The largest absolute Gasteiger partial charge is 0.0738 e. The van der Waals surface area contributed by atoms with Crippen LogP contribution in [0.15, 0.2) is 11.1 Å². The van der Waals surface area contributed by atoms with Gasteiger partial charge < -0.3 is 0 Å². The fraction of sp³-hybridized carbons (Fsp3) is 0.625. The first-order valence-electron chi connectivity index (χ1n) is 3.22. The van der Waals surface area contributed by atoms with Crippen LogP contribution in [0.4, 0.5) is 0 Å². The third-order valence-corrected chi connectivity index (χ3v) is 1.46. The van der Waals surface area contributed by atoms with Gasteiger partial charge in [0.1, 0.15) is 0 Å². The van der Waals surface area contributed by atoms with Gasteiger partial charge in [-0.05, 0) is 26.7 Å². The van der Waals surface area contributed by atoms with Crippen LogP contribution in [-0.2, 0) is 0 Å². The minimum atomic E-state index is 1.16. The molecule has 0 heteroatoms. The average molecular weight is 111 g/mol. The molecule has 0 spiro atoms. The van der Waals surface area contributed by atoms with Crippen molar-refractivity contribution in [1.29, 1.82) is 0 Å². The van der Waals surface area contributed by atoms with Crippen LogP contribution < -0.4 is 0 Å². The highest BCUT2D eigenvalue weighted by Gasteiger charge is 1.89. The summed E-state index contributed by atoms with van der Waals surface area (Å²) in [6, 6.07) is 0. The van der Waals surface area contributed by atoms with Crippen LogP contribution >= 0.6 is 0 Å². The van der Waals surface area contributed by atoms with Crippen molar-refractivity contribution < 1.29 is 0 Å². The Bertz CT molecular complexity index is 78.2. The summed E-state index contributed by atoms with van der Waals surface area (Å²) in [5.41, 5.74) is 2.74. The maximum Gasteiger partial charge on any atom is -0.0283 e. The average Bonchev–Trinajstić information content (AvgIpc) is 1.69. The summed E-state index contributed by atoms with van der Waals surface area (Å²) in [5.74, 6) is 0. The van der Waals surface area contributed by atoms with Gasteiger partial charge in [-0.2, -0.15) is 0 Å². The minimum absolute atomic E-state index is 1.16. The minimum Gasteiger partial charge on any atom is -0.0738 e. The second-order valence-electron chi connectivity index (χ2n) is 2.09. The van der Waals surface area contributed by atoms with Crippen molar-refractivity contribution >= 4 is 0 Å². The second-order valence-corrected chi connectivity index (χ2v) is 2.09. The maximum absolute atomic E-state index is 3.86. The third kappa shape index (κ3) is 2.15. The first-order valence-corrected chi connectivity index (χ1v) is 3.22. The van der Waals surface area contributed by atoms with Gasteiger partial charge in [0.2, 0.25) is 0 Å². The zero-order chi connectivity index (χ0) is 6.57. The fourth-order valence-electron chi connectivity index (χ4n) is 0.854. The topological polar surface area (TPSA) is 0 Å². The molecule has 0 aliphatic heterocycles. The van der Waals surface area contributed by atoms with E-state index in [1.165, 1.54) is 11.1 Å². The molecule has 0 N–H and O–H groups in total. The molecule has 47 valence electrons. The molecule has 0 fully saturated rings. The molecule has 0 heterocycles. The third-order valence-electron chi connectivity index (χ3n) is 1.46. The second kappa shape index (κ2) is 3.71. The quantitative estimate of drug-likeness (QED) is 0.514. The van der Waals surface area contributed by atoms with Gasteiger partial charge in [0.05, 0.1) is 0 Å². The van der Waals surface area contributed by atoms with Gasteiger partial charge in [-0.25, -0.2) is 0 Å². The van der Waals surface area contributed by atoms with Crippen molar-refractivity contribution in [1.82, 2.24) is 0 Å². The van der Waals surface area contributed by atoms with Gasteiger partial charge in [0.15, 0.2) is 0 Å². The van der Waals surface area contributed by atoms with E-state index in [1.807, 2.05) is 0 Å². The molecule has 8 heavy (non-hydrogen) atoms. The Kier molecular flexibility index (Phi) is 3.59. The SMILES string of the molecule is [CH2]C(C)=C(CC)CC. The zero-order valence-electron chi connectivity index (χ0n) is 6.12. The van der Waals surface area contributed by atoms with Crippen molar-refractivity contribution in [3.8, 4) is 0 Å². The monoisotopic (exact) mass is 111 g/mol. The molecule has 0 nitrogen and oxygen atoms in total. The summed E-state index contributed by atoms with van der Waals surface area (Å²) in [5, 5.41) is 0. The lowest BCUT2D eigenvalue weighted by atomic mass is 10.1. The van der Waals surface area contributed by atoms with Crippen LogP contribution in [0.2, 0.25) is 0 Å². The lowest BCUT2D eigenvalue weighted by molar-refractivity contribution is 0.956. The van der Waals surface area contributed by atoms with Crippen molar-refractivity contribution in [3.05, 3.63) is 18.1 Å². The molecule has 0 rings (SSSR count). The van der Waals surface area contributed by atoms with E-state index in [2.05, 4.69) is 27.7 Å². The Morgan fingerprint density at radius 1 is 1.25 bits per heavy atom. The lowest BCUT2D eigenvalue weighted by Crippen LogP contribution is -1.80. The van der Waals surface area contributed by atoms with E-state index in [0.29, 0.717) is 0 Å². The van der Waals surface area contributed by atoms with E-state index in [-0.39, 0.29) is 0 Å². The molecule has 1 radical (unpaired) electrons. The van der Waals surface area contributed by atoms with Gasteiger partial charge in [0, 0.05) is 0 Å². The Balaban J connectivity index is 3.86. The molecule has 0 atom stereocenters. The van der Waals surface area contributed by atoms with E-state index in [9.17, 15) is 0 Å². The highest BCUT2D eigenvalue weighted by molar-refractivity contribution is 5.13. The molecule has 0 aromatic carbocycles. The Labute approximate surface area is 52.6 Å². The van der Waals surface area contributed by atoms with Crippen LogP contribution in [0.1, 0.15) is 33.6 Å². The van der Waals surface area contributed by atoms with Crippen molar-refractivity contribution in [3.63, 3.8) is 0 Å². The molecule has 0 aromatic heterocycles. The summed E-state index contributed by atoms with van der Waals surface area (Å²) in [6.07, 6.45) is 2.32. The predicted octanol–water partition coefficient (Wildman–Crippen LogP) is 2.96. The Morgan fingerprint density at radius 2 is 1.62 bits per heavy atom. The summed E-state index contributed by atoms with van der Waals surface area (Å²) < 4.78 is 0. The summed E-state index contributed by atoms with van der Waals surface area (Å²) >= 11 is 0. The fourth-order valence-corrected chi connectivity index (χ4v) is 0.854. The van der Waals surface area contributed by atoms with Crippen LogP contribution in [0.3, 0.4) is 0 Å². The predicted molar refractivity (Wildman–Crippen MR) is 38.6 cm³/mol. The van der Waals surface area contributed by atoms with Gasteiger partial charge in [-0.3, -0.25) is 0 Å². The van der Waals surface area contributed by atoms with Crippen LogP contribution in [0.25, 0.3) is 0 Å². The molecule has 0 saturated heterocycles. The van der Waals surface area contributed by atoms with E-state index < -0.39 is 0 Å². The van der Waals surface area contributed by atoms with Crippen LogP contribution in [0, 0.1) is 6.92 Å². The molecule has 0 saturated carbocycles.